The Balaban J connectivity index is 3.47. The van der Waals surface area contributed by atoms with Crippen LogP contribution in [0.1, 0.15) is 6.92 Å². The van der Waals surface area contributed by atoms with E-state index in [1.807, 2.05) is 13.2 Å². The highest BCUT2D eigenvalue weighted by atomic mass is 33.1. The van der Waals surface area contributed by atoms with Gasteiger partial charge in [0.2, 0.25) is 0 Å². The summed E-state index contributed by atoms with van der Waals surface area (Å²) >= 11 is 4.29. The average Bonchev–Trinajstić information content (AvgIpc) is 2.16. The minimum absolute atomic E-state index is 0.133. The molecule has 1 atom stereocenters. The summed E-state index contributed by atoms with van der Waals surface area (Å²) in [6.45, 7) is 2.15. The lowest BCUT2D eigenvalue weighted by molar-refractivity contribution is 0.0588. The number of carbonyl (C=O) groups excluding carboxylic acids is 1. The van der Waals surface area contributed by atoms with E-state index < -0.39 is 6.16 Å². The highest BCUT2D eigenvalue weighted by Crippen LogP contribution is 2.23. The summed E-state index contributed by atoms with van der Waals surface area (Å²) in [5.74, 6) is 0. The van der Waals surface area contributed by atoms with Gasteiger partial charge in [0, 0.05) is 5.25 Å². The maximum Gasteiger partial charge on any atom is 0.510 e. The molecule has 0 rings (SSSR count). The van der Waals surface area contributed by atoms with E-state index in [4.69, 9.17) is 4.74 Å². The Labute approximate surface area is 96.2 Å². The molecule has 0 aliphatic heterocycles. The molecule has 0 aliphatic rings. The van der Waals surface area contributed by atoms with Crippen molar-refractivity contribution in [2.75, 3.05) is 19.6 Å². The molecule has 0 saturated carbocycles. The first-order valence-electron chi connectivity index (χ1n) is 3.73. The van der Waals surface area contributed by atoms with E-state index in [1.54, 1.807) is 21.6 Å². The van der Waals surface area contributed by atoms with Gasteiger partial charge in [0.25, 0.3) is 0 Å². The van der Waals surface area contributed by atoms with Gasteiger partial charge in [-0.3, -0.25) is 0 Å². The van der Waals surface area contributed by atoms with E-state index in [-0.39, 0.29) is 12.0 Å². The summed E-state index contributed by atoms with van der Waals surface area (Å²) in [6, 6.07) is 0. The summed E-state index contributed by atoms with van der Waals surface area (Å²) in [7, 11) is 3.26. The zero-order chi connectivity index (χ0) is 10.8. The highest BCUT2D eigenvalue weighted by molar-refractivity contribution is 8.76. The molecule has 0 saturated heterocycles. The van der Waals surface area contributed by atoms with E-state index >= 15 is 0 Å². The van der Waals surface area contributed by atoms with Crippen molar-refractivity contribution in [3.8, 4) is 0 Å². The van der Waals surface area contributed by atoms with Crippen LogP contribution in [0.15, 0.2) is 4.99 Å². The van der Waals surface area contributed by atoms with E-state index in [1.165, 1.54) is 0 Å². The van der Waals surface area contributed by atoms with Crippen LogP contribution in [0.2, 0.25) is 0 Å². The molecule has 0 aromatic heterocycles. The molecule has 7 heteroatoms. The van der Waals surface area contributed by atoms with Crippen LogP contribution in [-0.2, 0) is 9.47 Å². The predicted molar refractivity (Wildman–Crippen MR) is 62.9 cm³/mol. The molecule has 0 aliphatic carbocycles. The minimum atomic E-state index is -0.729. The molecule has 0 fully saturated rings. The number of hydrogen-bond donors (Lipinski definition) is 0. The number of rotatable bonds is 6. The summed E-state index contributed by atoms with van der Waals surface area (Å²) in [4.78, 5) is 14.3. The van der Waals surface area contributed by atoms with Crippen LogP contribution >= 0.6 is 33.8 Å². The van der Waals surface area contributed by atoms with Crippen molar-refractivity contribution >= 4 is 45.1 Å². The van der Waals surface area contributed by atoms with Crippen LogP contribution in [-0.4, -0.2) is 36.2 Å². The van der Waals surface area contributed by atoms with E-state index in [0.29, 0.717) is 6.61 Å². The molecule has 1 unspecified atom stereocenters. The second-order valence-corrected chi connectivity index (χ2v) is 5.25. The number of aliphatic imine (C=N–C) groups is 1. The van der Waals surface area contributed by atoms with Crippen LogP contribution in [0.25, 0.3) is 0 Å². The van der Waals surface area contributed by atoms with Crippen molar-refractivity contribution in [1.82, 2.24) is 0 Å². The lowest BCUT2D eigenvalue weighted by Crippen LogP contribution is -2.14. The van der Waals surface area contributed by atoms with Gasteiger partial charge >= 0.3 is 6.16 Å². The molecule has 0 heterocycles. The topological polar surface area (TPSA) is 47.9 Å². The van der Waals surface area contributed by atoms with Crippen LogP contribution < -0.4 is 0 Å². The normalized spacial score (nSPS) is 11.3. The van der Waals surface area contributed by atoms with Crippen molar-refractivity contribution in [3.63, 3.8) is 0 Å². The molecule has 80 valence electrons. The van der Waals surface area contributed by atoms with Crippen molar-refractivity contribution in [3.05, 3.63) is 0 Å². The molecule has 4 nitrogen and oxygen atoms in total. The standard InChI is InChI=1S/C7H11NO3S3/c1-6(14-13-2)3-10-7(9)11-4-8-5-12/h6H,3-4H2,1-2H3. The van der Waals surface area contributed by atoms with Crippen LogP contribution in [0.4, 0.5) is 4.79 Å². The molecule has 0 spiro atoms. The van der Waals surface area contributed by atoms with Gasteiger partial charge in [-0.05, 0) is 25.4 Å². The summed E-state index contributed by atoms with van der Waals surface area (Å²) in [5.41, 5.74) is 0. The molecular formula is C7H11NO3S3. The van der Waals surface area contributed by atoms with E-state index in [2.05, 4.69) is 27.1 Å². The Hall–Kier alpha value is -0.230. The van der Waals surface area contributed by atoms with Crippen molar-refractivity contribution in [2.24, 2.45) is 4.99 Å². The first kappa shape index (κ1) is 13.8. The first-order chi connectivity index (χ1) is 6.70. The van der Waals surface area contributed by atoms with Crippen molar-refractivity contribution in [1.29, 1.82) is 0 Å². The Bertz CT molecular complexity index is 218. The maximum absolute atomic E-state index is 10.8. The molecule has 0 radical (unpaired) electrons. The van der Waals surface area contributed by atoms with E-state index in [9.17, 15) is 4.79 Å². The fraction of sp³-hybridized carbons (Fsp3) is 0.714. The number of thiocarbonyl (C=S) groups is 1. The summed E-state index contributed by atoms with van der Waals surface area (Å²) < 4.78 is 9.32. The number of ether oxygens (including phenoxy) is 2. The molecular weight excluding hydrogens is 242 g/mol. The van der Waals surface area contributed by atoms with Gasteiger partial charge in [0.15, 0.2) is 6.73 Å². The zero-order valence-corrected chi connectivity index (χ0v) is 10.3. The molecule has 0 aromatic rings. The van der Waals surface area contributed by atoms with Gasteiger partial charge < -0.3 is 9.47 Å². The van der Waals surface area contributed by atoms with Gasteiger partial charge in [-0.15, -0.1) is 0 Å². The number of hydrogen-bond acceptors (Lipinski definition) is 7. The van der Waals surface area contributed by atoms with Crippen LogP contribution in [0.3, 0.4) is 0 Å². The third kappa shape index (κ3) is 8.37. The summed E-state index contributed by atoms with van der Waals surface area (Å²) in [6.07, 6.45) is 1.24. The molecule has 0 bridgehead atoms. The zero-order valence-electron chi connectivity index (χ0n) is 7.89. The van der Waals surface area contributed by atoms with Gasteiger partial charge in [0.05, 0.1) is 5.16 Å². The fourth-order valence-electron chi connectivity index (χ4n) is 0.530. The third-order valence-electron chi connectivity index (χ3n) is 1.01. The SMILES string of the molecule is CSSC(C)COC(=O)OCN=C=S. The lowest BCUT2D eigenvalue weighted by atomic mass is 10.5. The van der Waals surface area contributed by atoms with Gasteiger partial charge in [-0.1, -0.05) is 21.6 Å². The minimum Gasteiger partial charge on any atom is -0.433 e. The largest absolute Gasteiger partial charge is 0.510 e. The monoisotopic (exact) mass is 253 g/mol. The first-order valence-corrected chi connectivity index (χ1v) is 6.76. The number of carbonyl (C=O) groups is 1. The summed E-state index contributed by atoms with van der Waals surface area (Å²) in [5, 5.41) is 2.32. The van der Waals surface area contributed by atoms with Gasteiger partial charge in [0.1, 0.15) is 6.61 Å². The van der Waals surface area contributed by atoms with Gasteiger partial charge in [-0.2, -0.15) is 4.99 Å². The Kier molecular flexibility index (Phi) is 9.18. The van der Waals surface area contributed by atoms with Crippen LogP contribution in [0, 0.1) is 0 Å². The highest BCUT2D eigenvalue weighted by Gasteiger charge is 2.07. The second-order valence-electron chi connectivity index (χ2n) is 2.16. The van der Waals surface area contributed by atoms with Crippen LogP contribution in [0.5, 0.6) is 0 Å². The van der Waals surface area contributed by atoms with E-state index in [0.717, 1.165) is 0 Å². The molecule has 0 amide bonds. The third-order valence-corrected chi connectivity index (χ3v) is 3.36. The van der Waals surface area contributed by atoms with Crippen molar-refractivity contribution < 1.29 is 14.3 Å². The quantitative estimate of drug-likeness (QED) is 0.314. The van der Waals surface area contributed by atoms with Gasteiger partial charge in [-0.25, -0.2) is 4.79 Å². The predicted octanol–water partition coefficient (Wildman–Crippen LogP) is 2.60. The smallest absolute Gasteiger partial charge is 0.433 e. The second kappa shape index (κ2) is 9.33. The Morgan fingerprint density at radius 1 is 1.64 bits per heavy atom. The fourth-order valence-corrected chi connectivity index (χ4v) is 2.19. The molecule has 0 N–H and O–H groups in total. The average molecular weight is 253 g/mol. The number of isothiocyanates is 1. The number of nitrogens with zero attached hydrogens (tertiary/aromatic N) is 1. The lowest BCUT2D eigenvalue weighted by Gasteiger charge is -2.08. The molecule has 14 heavy (non-hydrogen) atoms. The van der Waals surface area contributed by atoms with Crippen molar-refractivity contribution in [2.45, 2.75) is 12.2 Å². The maximum atomic E-state index is 10.8. The molecule has 0 aromatic carbocycles. The Morgan fingerprint density at radius 2 is 2.36 bits per heavy atom. The Morgan fingerprint density at radius 3 is 2.93 bits per heavy atom.